The van der Waals surface area contributed by atoms with Crippen molar-refractivity contribution in [1.29, 1.82) is 0 Å². The van der Waals surface area contributed by atoms with Gasteiger partial charge in [0.25, 0.3) is 10.0 Å². The van der Waals surface area contributed by atoms with Crippen molar-refractivity contribution >= 4 is 37.3 Å². The molecule has 1 aliphatic rings. The third-order valence-corrected chi connectivity index (χ3v) is 8.48. The van der Waals surface area contributed by atoms with E-state index in [0.29, 0.717) is 13.8 Å². The Morgan fingerprint density at radius 1 is 1.14 bits per heavy atom. The Bertz CT molecular complexity index is 1400. The van der Waals surface area contributed by atoms with E-state index in [4.69, 9.17) is 10.5 Å². The first kappa shape index (κ1) is 28.5. The first-order chi connectivity index (χ1) is 16.8. The maximum Gasteiger partial charge on any atom is 0.427 e. The summed E-state index contributed by atoms with van der Waals surface area (Å²) in [4.78, 5) is 11.8. The van der Waals surface area contributed by atoms with Crippen LogP contribution >= 0.6 is 0 Å². The van der Waals surface area contributed by atoms with Gasteiger partial charge < -0.3 is 15.2 Å². The van der Waals surface area contributed by atoms with Crippen LogP contribution in [-0.2, 0) is 24.6 Å². The number of halogens is 4. The lowest BCUT2D eigenvalue weighted by Crippen LogP contribution is -2.54. The van der Waals surface area contributed by atoms with E-state index >= 15 is 0 Å². The van der Waals surface area contributed by atoms with Gasteiger partial charge in [-0.1, -0.05) is 0 Å². The highest BCUT2D eigenvalue weighted by Gasteiger charge is 2.51. The van der Waals surface area contributed by atoms with Crippen LogP contribution in [0.15, 0.2) is 47.4 Å². The van der Waals surface area contributed by atoms with Gasteiger partial charge in [-0.15, -0.1) is 0 Å². The molecule has 1 aliphatic heterocycles. The zero-order valence-corrected chi connectivity index (χ0v) is 21.2. The molecule has 2 unspecified atom stereocenters. The first-order valence-corrected chi connectivity index (χ1v) is 13.8. The molecule has 10 nitrogen and oxygen atoms in total. The summed E-state index contributed by atoms with van der Waals surface area (Å²) in [7, 11) is -8.34. The summed E-state index contributed by atoms with van der Waals surface area (Å²) >= 11 is 0. The molecule has 2 aromatic rings. The second-order valence-corrected chi connectivity index (χ2v) is 12.7. The Labute approximate surface area is 210 Å². The molecule has 0 saturated carbocycles. The highest BCUT2D eigenvalue weighted by atomic mass is 32.2. The van der Waals surface area contributed by atoms with E-state index in [9.17, 15) is 39.2 Å². The number of fused-ring (bicyclic) bond motifs is 1. The van der Waals surface area contributed by atoms with Crippen molar-refractivity contribution in [3.8, 4) is 5.75 Å². The summed E-state index contributed by atoms with van der Waals surface area (Å²) in [5, 5.41) is 0.468. The van der Waals surface area contributed by atoms with Crippen LogP contribution in [0.3, 0.4) is 0 Å². The average Bonchev–Trinajstić information content (AvgIpc) is 2.76. The molecular weight excluding hydrogens is 546 g/mol. The van der Waals surface area contributed by atoms with E-state index in [1.54, 1.807) is 0 Å². The van der Waals surface area contributed by atoms with E-state index < -0.39 is 61.6 Å². The van der Waals surface area contributed by atoms with Gasteiger partial charge in [-0.05, 0) is 56.3 Å². The smallest absolute Gasteiger partial charge is 0.427 e. The fraction of sp³-hybridized carbons (Fsp3) is 0.381. The van der Waals surface area contributed by atoms with Gasteiger partial charge in [0.1, 0.15) is 23.0 Å². The van der Waals surface area contributed by atoms with Crippen molar-refractivity contribution in [2.75, 3.05) is 22.4 Å². The van der Waals surface area contributed by atoms with Crippen molar-refractivity contribution < 1.29 is 48.7 Å². The zero-order chi connectivity index (χ0) is 28.0. The molecule has 0 bridgehead atoms. The molecule has 37 heavy (non-hydrogen) atoms. The van der Waals surface area contributed by atoms with Gasteiger partial charge in [0.2, 0.25) is 5.60 Å². The Balaban J connectivity index is 2.02. The number of sulfonamides is 1. The number of benzene rings is 2. The number of nitrogens with two attached hydrogens (primary N) is 1. The largest absolute Gasteiger partial charge is 0.484 e. The molecule has 0 spiro atoms. The maximum atomic E-state index is 13.4. The van der Waals surface area contributed by atoms with Gasteiger partial charge in [-0.3, -0.25) is 9.62 Å². The fourth-order valence-corrected chi connectivity index (χ4v) is 5.37. The number of hydrogen-bond acceptors (Lipinski definition) is 8. The van der Waals surface area contributed by atoms with Crippen molar-refractivity contribution in [1.82, 2.24) is 0 Å². The third-order valence-electron chi connectivity index (χ3n) is 5.39. The zero-order valence-electron chi connectivity index (χ0n) is 19.6. The van der Waals surface area contributed by atoms with Crippen LogP contribution in [0.1, 0.15) is 13.8 Å². The number of carbonyl (C=O) groups excluding carboxylic acids is 1. The summed E-state index contributed by atoms with van der Waals surface area (Å²) in [5.74, 6) is -0.847. The van der Waals surface area contributed by atoms with Gasteiger partial charge in [-0.2, -0.15) is 13.2 Å². The molecule has 204 valence electrons. The van der Waals surface area contributed by atoms with Crippen molar-refractivity contribution in [2.24, 2.45) is 5.73 Å². The van der Waals surface area contributed by atoms with Crippen LogP contribution in [0, 0.1) is 5.82 Å². The minimum Gasteiger partial charge on any atom is -0.484 e. The third kappa shape index (κ3) is 6.07. The minimum absolute atomic E-state index is 0.143. The van der Waals surface area contributed by atoms with Gasteiger partial charge >= 0.3 is 12.3 Å². The molecule has 0 saturated heterocycles. The summed E-state index contributed by atoms with van der Waals surface area (Å²) in [6.45, 7) is 0.709. The standard InChI is InChI=1S/C21H23F4N3O7S2/c1-20(2,21(23,24)25)35-19(29)27-13-6-9-16-15(10-13)28(11-17(34-16)18(26)36(3,30)31)37(32,33)14-7-4-12(22)5-8-14/h4-10,17-18H,11,26H2,1-3H3,(H,27,29). The Morgan fingerprint density at radius 3 is 2.27 bits per heavy atom. The molecule has 1 heterocycles. The summed E-state index contributed by atoms with van der Waals surface area (Å²) in [6.07, 6.45) is -6.84. The molecule has 3 rings (SSSR count). The lowest BCUT2D eigenvalue weighted by Gasteiger charge is -2.37. The van der Waals surface area contributed by atoms with E-state index in [1.165, 1.54) is 12.1 Å². The van der Waals surface area contributed by atoms with Crippen LogP contribution in [0.4, 0.5) is 33.7 Å². The van der Waals surface area contributed by atoms with Crippen LogP contribution in [-0.4, -0.2) is 59.0 Å². The van der Waals surface area contributed by atoms with Gasteiger partial charge in [0, 0.05) is 11.9 Å². The van der Waals surface area contributed by atoms with Crippen LogP contribution in [0.25, 0.3) is 0 Å². The number of rotatable bonds is 6. The molecule has 0 radical (unpaired) electrons. The monoisotopic (exact) mass is 569 g/mol. The Morgan fingerprint density at radius 2 is 1.73 bits per heavy atom. The SMILES string of the molecule is CC(C)(OC(=O)Nc1ccc2c(c1)N(S(=O)(=O)c1ccc(F)cc1)CC(C(N)S(C)(=O)=O)O2)C(F)(F)F. The molecule has 0 aliphatic carbocycles. The Kier molecular flexibility index (Phi) is 7.42. The summed E-state index contributed by atoms with van der Waals surface area (Å²) in [5.41, 5.74) is 2.63. The van der Waals surface area contributed by atoms with Crippen LogP contribution < -0.4 is 20.1 Å². The molecule has 2 atom stereocenters. The predicted molar refractivity (Wildman–Crippen MR) is 125 cm³/mol. The fourth-order valence-electron chi connectivity index (χ4n) is 3.19. The number of hydrogen-bond donors (Lipinski definition) is 2. The topological polar surface area (TPSA) is 145 Å². The molecule has 1 amide bonds. The minimum atomic E-state index is -4.86. The molecule has 3 N–H and O–H groups in total. The second-order valence-electron chi connectivity index (χ2n) is 8.65. The van der Waals surface area contributed by atoms with Crippen LogP contribution in [0.5, 0.6) is 5.75 Å². The molecule has 16 heteroatoms. The number of nitrogens with zero attached hydrogens (tertiary/aromatic N) is 1. The number of ether oxygens (including phenoxy) is 2. The van der Waals surface area contributed by atoms with Crippen molar-refractivity contribution in [3.63, 3.8) is 0 Å². The molecule has 0 fully saturated rings. The van der Waals surface area contributed by atoms with Crippen LogP contribution in [0.2, 0.25) is 0 Å². The number of alkyl halides is 3. The summed E-state index contributed by atoms with van der Waals surface area (Å²) < 4.78 is 114. The number of amides is 1. The normalized spacial score (nSPS) is 17.4. The van der Waals surface area contributed by atoms with Gasteiger partial charge in [0.05, 0.1) is 17.1 Å². The van der Waals surface area contributed by atoms with Gasteiger partial charge in [0.15, 0.2) is 9.84 Å². The number of anilines is 2. The Hall–Kier alpha value is -3.11. The van der Waals surface area contributed by atoms with E-state index in [1.807, 2.05) is 0 Å². The summed E-state index contributed by atoms with van der Waals surface area (Å²) in [6, 6.07) is 7.23. The molecular formula is C21H23F4N3O7S2. The number of carbonyl (C=O) groups is 1. The lowest BCUT2D eigenvalue weighted by molar-refractivity contribution is -0.242. The first-order valence-electron chi connectivity index (χ1n) is 10.4. The van der Waals surface area contributed by atoms with Gasteiger partial charge in [-0.25, -0.2) is 26.0 Å². The second kappa shape index (κ2) is 9.64. The van der Waals surface area contributed by atoms with E-state index in [2.05, 4.69) is 10.1 Å². The molecule has 2 aromatic carbocycles. The van der Waals surface area contributed by atoms with E-state index in [-0.39, 0.29) is 22.0 Å². The number of nitrogens with one attached hydrogen (secondary N) is 1. The average molecular weight is 570 g/mol. The lowest BCUT2D eigenvalue weighted by atomic mass is 10.1. The van der Waals surface area contributed by atoms with Crippen molar-refractivity contribution in [3.05, 3.63) is 48.3 Å². The number of sulfone groups is 1. The maximum absolute atomic E-state index is 13.4. The highest BCUT2D eigenvalue weighted by Crippen LogP contribution is 2.40. The quantitative estimate of drug-likeness (QED) is 0.505. The molecule has 0 aromatic heterocycles. The van der Waals surface area contributed by atoms with E-state index in [0.717, 1.165) is 40.9 Å². The predicted octanol–water partition coefficient (Wildman–Crippen LogP) is 3.00. The highest BCUT2D eigenvalue weighted by molar-refractivity contribution is 7.93. The van der Waals surface area contributed by atoms with Crippen molar-refractivity contribution in [2.45, 2.75) is 42.0 Å².